The van der Waals surface area contributed by atoms with E-state index in [1.165, 1.54) is 27.5 Å². The summed E-state index contributed by atoms with van der Waals surface area (Å²) in [5, 5.41) is 6.80. The first-order valence-electron chi connectivity index (χ1n) is 10.1. The van der Waals surface area contributed by atoms with Crippen LogP contribution in [0.5, 0.6) is 17.2 Å². The van der Waals surface area contributed by atoms with Gasteiger partial charge in [0.1, 0.15) is 0 Å². The fourth-order valence-electron chi connectivity index (χ4n) is 3.05. The minimum Gasteiger partial charge on any atom is -0.493 e. The molecule has 0 heterocycles. The van der Waals surface area contributed by atoms with Crippen LogP contribution in [0.1, 0.15) is 31.8 Å². The van der Waals surface area contributed by atoms with Crippen LogP contribution in [-0.4, -0.2) is 39.4 Å². The number of hydrogen-bond acceptors (Lipinski definition) is 6. The summed E-state index contributed by atoms with van der Waals surface area (Å²) in [6.07, 6.45) is 1.46. The number of methoxy groups -OCH3 is 3. The van der Waals surface area contributed by atoms with Crippen LogP contribution >= 0.6 is 0 Å². The van der Waals surface area contributed by atoms with E-state index in [0.717, 1.165) is 5.56 Å². The Morgan fingerprint density at radius 1 is 0.818 bits per heavy atom. The summed E-state index contributed by atoms with van der Waals surface area (Å²) in [5.41, 5.74) is 5.56. The summed E-state index contributed by atoms with van der Waals surface area (Å²) < 4.78 is 15.9. The van der Waals surface area contributed by atoms with Gasteiger partial charge in [0.25, 0.3) is 11.8 Å². The molecule has 0 unspecified atom stereocenters. The summed E-state index contributed by atoms with van der Waals surface area (Å²) in [6.45, 7) is 1.95. The minimum absolute atomic E-state index is 0.257. The number of anilines is 1. The molecule has 3 aromatic rings. The molecule has 0 spiro atoms. The van der Waals surface area contributed by atoms with Crippen LogP contribution in [-0.2, 0) is 0 Å². The average Bonchev–Trinajstić information content (AvgIpc) is 2.83. The van der Waals surface area contributed by atoms with Crippen molar-refractivity contribution in [2.45, 2.75) is 6.92 Å². The van der Waals surface area contributed by atoms with E-state index >= 15 is 0 Å². The van der Waals surface area contributed by atoms with Gasteiger partial charge < -0.3 is 19.5 Å². The predicted octanol–water partition coefficient (Wildman–Crippen LogP) is 4.04. The third kappa shape index (κ3) is 5.88. The van der Waals surface area contributed by atoms with Crippen LogP contribution in [0.4, 0.5) is 5.69 Å². The molecule has 2 amide bonds. The Kier molecular flexibility index (Phi) is 7.64. The molecule has 3 rings (SSSR count). The Balaban J connectivity index is 1.68. The highest BCUT2D eigenvalue weighted by molar-refractivity contribution is 6.05. The van der Waals surface area contributed by atoms with Crippen molar-refractivity contribution in [1.29, 1.82) is 0 Å². The molecule has 8 heteroatoms. The van der Waals surface area contributed by atoms with E-state index in [0.29, 0.717) is 39.6 Å². The van der Waals surface area contributed by atoms with Gasteiger partial charge >= 0.3 is 0 Å². The summed E-state index contributed by atoms with van der Waals surface area (Å²) in [4.78, 5) is 24.9. The molecule has 0 aliphatic rings. The van der Waals surface area contributed by atoms with Crippen LogP contribution in [0, 0.1) is 6.92 Å². The maximum Gasteiger partial charge on any atom is 0.271 e. The fraction of sp³-hybridized carbons (Fsp3) is 0.160. The maximum absolute atomic E-state index is 12.5. The molecule has 0 atom stereocenters. The third-order valence-electron chi connectivity index (χ3n) is 4.76. The number of rotatable bonds is 8. The summed E-state index contributed by atoms with van der Waals surface area (Å²) in [7, 11) is 4.56. The first-order chi connectivity index (χ1) is 15.9. The molecule has 0 saturated carbocycles. The van der Waals surface area contributed by atoms with E-state index < -0.39 is 5.91 Å². The van der Waals surface area contributed by atoms with Gasteiger partial charge in [0.05, 0.1) is 27.5 Å². The number of aryl methyl sites for hydroxylation is 1. The Morgan fingerprint density at radius 2 is 1.48 bits per heavy atom. The molecular weight excluding hydrogens is 422 g/mol. The van der Waals surface area contributed by atoms with Crippen LogP contribution in [0.15, 0.2) is 65.8 Å². The molecule has 170 valence electrons. The Labute approximate surface area is 192 Å². The molecule has 8 nitrogen and oxygen atoms in total. The maximum atomic E-state index is 12.5. The molecule has 2 N–H and O–H groups in total. The molecule has 0 aliphatic carbocycles. The van der Waals surface area contributed by atoms with Crippen LogP contribution in [0.3, 0.4) is 0 Å². The minimum atomic E-state index is -0.426. The molecule has 0 radical (unpaired) electrons. The number of nitrogens with zero attached hydrogens (tertiary/aromatic N) is 1. The topological polar surface area (TPSA) is 98.2 Å². The quantitative estimate of drug-likeness (QED) is 0.401. The standard InChI is InChI=1S/C25H25N3O5/c1-16-8-10-18(11-9-16)24(29)27-20-7-5-6-19(14-20)25(30)28-26-15-17-12-21(31-2)23(33-4)22(13-17)32-3/h5-15H,1-4H3,(H,27,29)(H,28,30). The van der Waals surface area contributed by atoms with Gasteiger partial charge in [-0.25, -0.2) is 5.43 Å². The second-order valence-corrected chi connectivity index (χ2v) is 7.06. The van der Waals surface area contributed by atoms with Crippen molar-refractivity contribution in [2.75, 3.05) is 26.6 Å². The number of carbonyl (C=O) groups is 2. The van der Waals surface area contributed by atoms with Gasteiger partial charge in [-0.15, -0.1) is 0 Å². The van der Waals surface area contributed by atoms with Crippen molar-refractivity contribution in [1.82, 2.24) is 5.43 Å². The van der Waals surface area contributed by atoms with Crippen molar-refractivity contribution in [2.24, 2.45) is 5.10 Å². The lowest BCUT2D eigenvalue weighted by molar-refractivity contribution is 0.0953. The summed E-state index contributed by atoms with van der Waals surface area (Å²) in [5.74, 6) is 0.729. The van der Waals surface area contributed by atoms with Gasteiger partial charge in [-0.2, -0.15) is 5.10 Å². The van der Waals surface area contributed by atoms with E-state index in [1.54, 1.807) is 48.5 Å². The van der Waals surface area contributed by atoms with Crippen molar-refractivity contribution >= 4 is 23.7 Å². The molecule has 0 aliphatic heterocycles. The van der Waals surface area contributed by atoms with Gasteiger partial charge in [-0.1, -0.05) is 23.8 Å². The average molecular weight is 447 g/mol. The number of amides is 2. The Hall–Kier alpha value is -4.33. The van der Waals surface area contributed by atoms with Crippen molar-refractivity contribution in [3.8, 4) is 17.2 Å². The van der Waals surface area contributed by atoms with Gasteiger partial charge in [0, 0.05) is 22.4 Å². The number of carbonyl (C=O) groups excluding carboxylic acids is 2. The van der Waals surface area contributed by atoms with Gasteiger partial charge in [0.15, 0.2) is 11.5 Å². The van der Waals surface area contributed by atoms with E-state index in [9.17, 15) is 9.59 Å². The van der Waals surface area contributed by atoms with E-state index in [1.807, 2.05) is 19.1 Å². The van der Waals surface area contributed by atoms with Crippen LogP contribution < -0.4 is 25.0 Å². The zero-order chi connectivity index (χ0) is 23.8. The Morgan fingerprint density at radius 3 is 2.09 bits per heavy atom. The summed E-state index contributed by atoms with van der Waals surface area (Å²) in [6, 6.07) is 17.2. The van der Waals surface area contributed by atoms with E-state index in [2.05, 4.69) is 15.8 Å². The molecule has 0 aromatic heterocycles. The predicted molar refractivity (Wildman–Crippen MR) is 127 cm³/mol. The normalized spacial score (nSPS) is 10.5. The highest BCUT2D eigenvalue weighted by Gasteiger charge is 2.13. The van der Waals surface area contributed by atoms with Gasteiger partial charge in [0.2, 0.25) is 5.75 Å². The zero-order valence-corrected chi connectivity index (χ0v) is 18.8. The van der Waals surface area contributed by atoms with Crippen molar-refractivity contribution < 1.29 is 23.8 Å². The smallest absolute Gasteiger partial charge is 0.271 e. The number of benzene rings is 3. The second-order valence-electron chi connectivity index (χ2n) is 7.06. The third-order valence-corrected chi connectivity index (χ3v) is 4.76. The zero-order valence-electron chi connectivity index (χ0n) is 18.8. The molecule has 0 bridgehead atoms. The largest absolute Gasteiger partial charge is 0.493 e. The molecule has 0 fully saturated rings. The molecule has 33 heavy (non-hydrogen) atoms. The van der Waals surface area contributed by atoms with E-state index in [4.69, 9.17) is 14.2 Å². The Bertz CT molecular complexity index is 1150. The van der Waals surface area contributed by atoms with Crippen LogP contribution in [0.2, 0.25) is 0 Å². The highest BCUT2D eigenvalue weighted by atomic mass is 16.5. The lowest BCUT2D eigenvalue weighted by atomic mass is 10.1. The number of hydrogen-bond donors (Lipinski definition) is 2. The first kappa shape index (κ1) is 23.3. The monoisotopic (exact) mass is 447 g/mol. The van der Waals surface area contributed by atoms with Crippen LogP contribution in [0.25, 0.3) is 0 Å². The highest BCUT2D eigenvalue weighted by Crippen LogP contribution is 2.37. The van der Waals surface area contributed by atoms with Crippen molar-refractivity contribution in [3.05, 3.63) is 82.9 Å². The number of nitrogens with one attached hydrogen (secondary N) is 2. The van der Waals surface area contributed by atoms with Gasteiger partial charge in [-0.05, 0) is 49.4 Å². The molecule has 3 aromatic carbocycles. The number of ether oxygens (including phenoxy) is 3. The molecule has 0 saturated heterocycles. The van der Waals surface area contributed by atoms with Gasteiger partial charge in [-0.3, -0.25) is 9.59 Å². The lowest BCUT2D eigenvalue weighted by Crippen LogP contribution is -2.18. The number of hydrazone groups is 1. The molecular formula is C25H25N3O5. The summed E-state index contributed by atoms with van der Waals surface area (Å²) >= 11 is 0. The van der Waals surface area contributed by atoms with E-state index in [-0.39, 0.29) is 5.91 Å². The lowest BCUT2D eigenvalue weighted by Gasteiger charge is -2.12. The fourth-order valence-corrected chi connectivity index (χ4v) is 3.05. The van der Waals surface area contributed by atoms with Crippen molar-refractivity contribution in [3.63, 3.8) is 0 Å². The SMILES string of the molecule is COc1cc(C=NNC(=O)c2cccc(NC(=O)c3ccc(C)cc3)c2)cc(OC)c1OC. The first-order valence-corrected chi connectivity index (χ1v) is 10.1. The second kappa shape index (κ2) is 10.8.